The van der Waals surface area contributed by atoms with Gasteiger partial charge in [0.25, 0.3) is 0 Å². The first-order chi connectivity index (χ1) is 12.4. The van der Waals surface area contributed by atoms with Crippen LogP contribution in [0, 0.1) is 0 Å². The number of nitrogens with zero attached hydrogens (tertiary/aromatic N) is 2. The van der Waals surface area contributed by atoms with Crippen molar-refractivity contribution in [3.63, 3.8) is 0 Å². The van der Waals surface area contributed by atoms with E-state index in [-0.39, 0.29) is 0 Å². The van der Waals surface area contributed by atoms with E-state index in [1.165, 1.54) is 21.5 Å². The summed E-state index contributed by atoms with van der Waals surface area (Å²) in [7, 11) is 0. The lowest BCUT2D eigenvalue weighted by molar-refractivity contribution is 0.482. The highest BCUT2D eigenvalue weighted by Gasteiger charge is 2.13. The lowest BCUT2D eigenvalue weighted by Crippen LogP contribution is -2.25. The SMILES string of the molecule is c1cc(N2CSCSC2)ccc1Oc1ccc(N2CSCSC2)cc1. The zero-order chi connectivity index (χ0) is 16.9. The molecule has 0 atom stereocenters. The molecule has 25 heavy (non-hydrogen) atoms. The average Bonchev–Trinajstić information content (AvgIpc) is 2.71. The molecule has 2 aliphatic heterocycles. The summed E-state index contributed by atoms with van der Waals surface area (Å²) in [4.78, 5) is 4.79. The highest BCUT2D eigenvalue weighted by Crippen LogP contribution is 2.31. The van der Waals surface area contributed by atoms with Crippen molar-refractivity contribution in [1.82, 2.24) is 0 Å². The Bertz CT molecular complexity index is 609. The standard InChI is InChI=1S/C18H20N2OS4/c1-5-17(6-2-15(1)19-9-22-13-23-10-19)21-18-7-3-16(4-8-18)20-11-24-14-25-12-20/h1-8H,9-14H2. The predicted molar refractivity (Wildman–Crippen MR) is 117 cm³/mol. The van der Waals surface area contributed by atoms with Crippen LogP contribution in [0.15, 0.2) is 48.5 Å². The summed E-state index contributed by atoms with van der Waals surface area (Å²) in [6.07, 6.45) is 0. The molecule has 2 fully saturated rings. The summed E-state index contributed by atoms with van der Waals surface area (Å²) < 4.78 is 6.01. The fourth-order valence-corrected chi connectivity index (χ4v) is 6.88. The van der Waals surface area contributed by atoms with Crippen LogP contribution in [0.25, 0.3) is 0 Å². The molecule has 132 valence electrons. The van der Waals surface area contributed by atoms with Gasteiger partial charge in [0, 0.05) is 21.5 Å². The van der Waals surface area contributed by atoms with Crippen LogP contribution >= 0.6 is 47.0 Å². The number of anilines is 2. The van der Waals surface area contributed by atoms with E-state index in [9.17, 15) is 0 Å². The topological polar surface area (TPSA) is 15.7 Å². The van der Waals surface area contributed by atoms with Gasteiger partial charge in [-0.15, -0.1) is 47.0 Å². The van der Waals surface area contributed by atoms with E-state index in [0.717, 1.165) is 35.0 Å². The molecule has 0 aliphatic carbocycles. The number of hydrogen-bond acceptors (Lipinski definition) is 7. The van der Waals surface area contributed by atoms with Crippen LogP contribution in [-0.4, -0.2) is 33.7 Å². The smallest absolute Gasteiger partial charge is 0.127 e. The molecule has 2 aromatic rings. The van der Waals surface area contributed by atoms with Crippen molar-refractivity contribution in [2.75, 3.05) is 43.5 Å². The maximum atomic E-state index is 6.01. The van der Waals surface area contributed by atoms with E-state index in [0.29, 0.717) is 0 Å². The van der Waals surface area contributed by atoms with Crippen LogP contribution in [0.4, 0.5) is 11.4 Å². The van der Waals surface area contributed by atoms with Crippen LogP contribution in [0.3, 0.4) is 0 Å². The molecule has 0 bridgehead atoms. The van der Waals surface area contributed by atoms with Crippen molar-refractivity contribution in [2.24, 2.45) is 0 Å². The van der Waals surface area contributed by atoms with Gasteiger partial charge in [0.2, 0.25) is 0 Å². The Balaban J connectivity index is 1.38. The third-order valence-corrected chi connectivity index (χ3v) is 8.60. The summed E-state index contributed by atoms with van der Waals surface area (Å²) in [5.74, 6) is 6.06. The third-order valence-electron chi connectivity index (χ3n) is 3.96. The molecule has 2 aromatic carbocycles. The molecule has 0 spiro atoms. The highest BCUT2D eigenvalue weighted by atomic mass is 32.2. The number of ether oxygens (including phenoxy) is 1. The Morgan fingerprint density at radius 3 is 1.28 bits per heavy atom. The van der Waals surface area contributed by atoms with Crippen LogP contribution in [0.1, 0.15) is 0 Å². The molecule has 0 unspecified atom stereocenters. The second-order valence-electron chi connectivity index (χ2n) is 5.74. The molecular weight excluding hydrogens is 388 g/mol. The minimum Gasteiger partial charge on any atom is -0.457 e. The van der Waals surface area contributed by atoms with Gasteiger partial charge in [-0.3, -0.25) is 0 Å². The third kappa shape index (κ3) is 4.70. The molecule has 0 N–H and O–H groups in total. The zero-order valence-electron chi connectivity index (χ0n) is 13.8. The van der Waals surface area contributed by atoms with Gasteiger partial charge in [-0.05, 0) is 48.5 Å². The van der Waals surface area contributed by atoms with E-state index >= 15 is 0 Å². The number of benzene rings is 2. The minimum absolute atomic E-state index is 0.887. The Hall–Kier alpha value is -0.760. The summed E-state index contributed by atoms with van der Waals surface area (Å²) >= 11 is 7.87. The van der Waals surface area contributed by atoms with Crippen LogP contribution in [0.5, 0.6) is 11.5 Å². The molecule has 7 heteroatoms. The van der Waals surface area contributed by atoms with Crippen molar-refractivity contribution in [1.29, 1.82) is 0 Å². The second-order valence-corrected chi connectivity index (χ2v) is 10.3. The van der Waals surface area contributed by atoms with Crippen LogP contribution < -0.4 is 14.5 Å². The van der Waals surface area contributed by atoms with Crippen molar-refractivity contribution in [3.8, 4) is 11.5 Å². The fraction of sp³-hybridized carbons (Fsp3) is 0.333. The average molecular weight is 409 g/mol. The lowest BCUT2D eigenvalue weighted by Gasteiger charge is -2.28. The maximum absolute atomic E-state index is 6.01. The van der Waals surface area contributed by atoms with Crippen LogP contribution in [0.2, 0.25) is 0 Å². The quantitative estimate of drug-likeness (QED) is 0.627. The molecular formula is C18H20N2OS4. The van der Waals surface area contributed by atoms with Gasteiger partial charge in [0.1, 0.15) is 11.5 Å². The first-order valence-corrected chi connectivity index (χ1v) is 12.7. The van der Waals surface area contributed by atoms with Gasteiger partial charge in [-0.25, -0.2) is 0 Å². The first-order valence-electron chi connectivity index (χ1n) is 8.07. The fourth-order valence-electron chi connectivity index (χ4n) is 2.67. The summed E-state index contributed by atoms with van der Waals surface area (Å²) in [6.45, 7) is 0. The number of hydrogen-bond donors (Lipinski definition) is 0. The van der Waals surface area contributed by atoms with E-state index in [1.54, 1.807) is 0 Å². The van der Waals surface area contributed by atoms with E-state index < -0.39 is 0 Å². The number of rotatable bonds is 4. The molecule has 0 radical (unpaired) electrons. The van der Waals surface area contributed by atoms with Gasteiger partial charge in [0.15, 0.2) is 0 Å². The molecule has 2 heterocycles. The highest BCUT2D eigenvalue weighted by molar-refractivity contribution is 8.17. The molecule has 2 saturated heterocycles. The van der Waals surface area contributed by atoms with Gasteiger partial charge >= 0.3 is 0 Å². The van der Waals surface area contributed by atoms with Crippen molar-refractivity contribution < 1.29 is 4.74 Å². The van der Waals surface area contributed by atoms with Crippen molar-refractivity contribution in [3.05, 3.63) is 48.5 Å². The van der Waals surface area contributed by atoms with E-state index in [1.807, 2.05) is 47.0 Å². The monoisotopic (exact) mass is 408 g/mol. The molecule has 3 nitrogen and oxygen atoms in total. The minimum atomic E-state index is 0.887. The Morgan fingerprint density at radius 2 is 0.920 bits per heavy atom. The van der Waals surface area contributed by atoms with Gasteiger partial charge < -0.3 is 14.5 Å². The first kappa shape index (κ1) is 17.6. The largest absolute Gasteiger partial charge is 0.457 e. The summed E-state index contributed by atoms with van der Waals surface area (Å²) in [5.41, 5.74) is 2.53. The molecule has 0 saturated carbocycles. The summed E-state index contributed by atoms with van der Waals surface area (Å²) in [6, 6.07) is 16.8. The molecule has 2 aliphatic rings. The lowest BCUT2D eigenvalue weighted by atomic mass is 10.2. The zero-order valence-corrected chi connectivity index (χ0v) is 17.1. The Kier molecular flexibility index (Phi) is 6.18. The van der Waals surface area contributed by atoms with Gasteiger partial charge in [0.05, 0.1) is 23.5 Å². The second kappa shape index (κ2) is 8.75. The molecule has 4 rings (SSSR count). The van der Waals surface area contributed by atoms with Crippen molar-refractivity contribution in [2.45, 2.75) is 0 Å². The molecule has 0 aromatic heterocycles. The predicted octanol–water partition coefficient (Wildman–Crippen LogP) is 5.80. The summed E-state index contributed by atoms with van der Waals surface area (Å²) in [5, 5.41) is 2.39. The Morgan fingerprint density at radius 1 is 0.560 bits per heavy atom. The van der Waals surface area contributed by atoms with Crippen LogP contribution in [-0.2, 0) is 0 Å². The normalized spacial score (nSPS) is 18.2. The van der Waals surface area contributed by atoms with E-state index in [2.05, 4.69) is 58.3 Å². The molecule has 0 amide bonds. The van der Waals surface area contributed by atoms with Gasteiger partial charge in [-0.1, -0.05) is 0 Å². The maximum Gasteiger partial charge on any atom is 0.127 e. The van der Waals surface area contributed by atoms with E-state index in [4.69, 9.17) is 4.74 Å². The van der Waals surface area contributed by atoms with Gasteiger partial charge in [-0.2, -0.15) is 0 Å². The van der Waals surface area contributed by atoms with Crippen molar-refractivity contribution >= 4 is 58.4 Å². The number of thioether (sulfide) groups is 4. The Labute approximate surface area is 166 Å².